The van der Waals surface area contributed by atoms with Crippen molar-refractivity contribution in [1.29, 1.82) is 0 Å². The van der Waals surface area contributed by atoms with Gasteiger partial charge in [-0.2, -0.15) is 0 Å². The number of hydrogen-bond donors (Lipinski definition) is 0. The standard InChI is InChI=1S/C27H24BrNO4S/c1-3-31-25(30)17-33-23-14-13-22(15-18(23)2)32-16-24-29-26(27(28)34-24)21-11-9-20(10-12-21)19-7-5-4-6-8-19/h4-15H,3,16-17H2,1-2H3. The summed E-state index contributed by atoms with van der Waals surface area (Å²) in [5.74, 6) is 0.946. The predicted octanol–water partition coefficient (Wildman–Crippen LogP) is 7.07. The fraction of sp³-hybridized carbons (Fsp3) is 0.185. The second kappa shape index (κ2) is 11.3. The lowest BCUT2D eigenvalue weighted by Gasteiger charge is -2.10. The number of aromatic nitrogens is 1. The van der Waals surface area contributed by atoms with Crippen LogP contribution in [0.1, 0.15) is 17.5 Å². The quantitative estimate of drug-likeness (QED) is 0.214. The SMILES string of the molecule is CCOC(=O)COc1ccc(OCc2nc(-c3ccc(-c4ccccc4)cc3)c(Br)s2)cc1C. The lowest BCUT2D eigenvalue weighted by molar-refractivity contribution is -0.145. The summed E-state index contributed by atoms with van der Waals surface area (Å²) in [4.78, 5) is 16.3. The third-order valence-electron chi connectivity index (χ3n) is 5.06. The summed E-state index contributed by atoms with van der Waals surface area (Å²) in [5, 5.41) is 0.870. The van der Waals surface area contributed by atoms with Crippen LogP contribution in [0.3, 0.4) is 0 Å². The molecule has 0 atom stereocenters. The molecule has 3 aromatic carbocycles. The molecule has 0 aliphatic rings. The molecular weight excluding hydrogens is 514 g/mol. The third kappa shape index (κ3) is 6.04. The van der Waals surface area contributed by atoms with Gasteiger partial charge in [0, 0.05) is 5.56 Å². The van der Waals surface area contributed by atoms with Gasteiger partial charge < -0.3 is 14.2 Å². The molecule has 1 aromatic heterocycles. The molecule has 0 aliphatic carbocycles. The van der Waals surface area contributed by atoms with E-state index >= 15 is 0 Å². The van der Waals surface area contributed by atoms with Gasteiger partial charge in [0.2, 0.25) is 0 Å². The average molecular weight is 538 g/mol. The maximum Gasteiger partial charge on any atom is 0.344 e. The van der Waals surface area contributed by atoms with Crippen molar-refractivity contribution in [2.24, 2.45) is 0 Å². The molecule has 5 nitrogen and oxygen atoms in total. The van der Waals surface area contributed by atoms with Gasteiger partial charge in [-0.3, -0.25) is 0 Å². The Hall–Kier alpha value is -3.16. The molecule has 174 valence electrons. The fourth-order valence-corrected chi connectivity index (χ4v) is 4.99. The summed E-state index contributed by atoms with van der Waals surface area (Å²) in [6, 6.07) is 24.2. The van der Waals surface area contributed by atoms with Crippen molar-refractivity contribution in [2.45, 2.75) is 20.5 Å². The number of nitrogens with zero attached hydrogens (tertiary/aromatic N) is 1. The van der Waals surface area contributed by atoms with Crippen molar-refractivity contribution < 1.29 is 19.0 Å². The lowest BCUT2D eigenvalue weighted by atomic mass is 10.0. The summed E-state index contributed by atoms with van der Waals surface area (Å²) in [6.07, 6.45) is 0. The Bertz CT molecular complexity index is 1260. The van der Waals surface area contributed by atoms with E-state index in [1.807, 2.05) is 37.3 Å². The molecule has 0 aliphatic heterocycles. The van der Waals surface area contributed by atoms with Crippen molar-refractivity contribution in [3.05, 3.63) is 87.2 Å². The van der Waals surface area contributed by atoms with Crippen molar-refractivity contribution in [3.63, 3.8) is 0 Å². The van der Waals surface area contributed by atoms with Gasteiger partial charge in [-0.25, -0.2) is 9.78 Å². The number of carbonyl (C=O) groups is 1. The highest BCUT2D eigenvalue weighted by atomic mass is 79.9. The van der Waals surface area contributed by atoms with Crippen LogP contribution >= 0.6 is 27.3 Å². The molecule has 4 rings (SSSR count). The first-order valence-corrected chi connectivity index (χ1v) is 12.5. The van der Waals surface area contributed by atoms with Crippen LogP contribution in [0.4, 0.5) is 0 Å². The van der Waals surface area contributed by atoms with Gasteiger partial charge in [-0.15, -0.1) is 11.3 Å². The lowest BCUT2D eigenvalue weighted by Crippen LogP contribution is -2.14. The van der Waals surface area contributed by atoms with Gasteiger partial charge in [0.25, 0.3) is 0 Å². The molecule has 1 heterocycles. The Morgan fingerprint density at radius 1 is 0.941 bits per heavy atom. The molecule has 4 aromatic rings. The number of ether oxygens (including phenoxy) is 3. The smallest absolute Gasteiger partial charge is 0.344 e. The topological polar surface area (TPSA) is 57.7 Å². The minimum absolute atomic E-state index is 0.114. The monoisotopic (exact) mass is 537 g/mol. The molecule has 0 saturated heterocycles. The van der Waals surface area contributed by atoms with E-state index in [9.17, 15) is 4.79 Å². The molecule has 0 spiro atoms. The maximum absolute atomic E-state index is 11.5. The number of thiazole rings is 1. The minimum atomic E-state index is -0.387. The second-order valence-electron chi connectivity index (χ2n) is 7.48. The fourth-order valence-electron chi connectivity index (χ4n) is 3.39. The predicted molar refractivity (Wildman–Crippen MR) is 138 cm³/mol. The van der Waals surface area contributed by atoms with Crippen molar-refractivity contribution in [2.75, 3.05) is 13.2 Å². The van der Waals surface area contributed by atoms with Crippen LogP contribution in [0, 0.1) is 6.92 Å². The number of esters is 1. The summed E-state index contributed by atoms with van der Waals surface area (Å²) in [7, 11) is 0. The Morgan fingerprint density at radius 2 is 1.65 bits per heavy atom. The van der Waals surface area contributed by atoms with Crippen LogP contribution < -0.4 is 9.47 Å². The first kappa shape index (κ1) is 24.0. The van der Waals surface area contributed by atoms with Gasteiger partial charge in [0.05, 0.1) is 16.1 Å². The zero-order chi connectivity index (χ0) is 23.9. The molecule has 0 amide bonds. The van der Waals surface area contributed by atoms with Gasteiger partial charge in [0.1, 0.15) is 23.1 Å². The van der Waals surface area contributed by atoms with E-state index in [0.29, 0.717) is 24.7 Å². The van der Waals surface area contributed by atoms with Crippen molar-refractivity contribution in [3.8, 4) is 33.9 Å². The van der Waals surface area contributed by atoms with Crippen molar-refractivity contribution in [1.82, 2.24) is 4.98 Å². The van der Waals surface area contributed by atoms with Crippen LogP contribution in [0.15, 0.2) is 76.6 Å². The average Bonchev–Trinajstić information content (AvgIpc) is 3.23. The van der Waals surface area contributed by atoms with E-state index in [1.54, 1.807) is 24.3 Å². The summed E-state index contributed by atoms with van der Waals surface area (Å²) >= 11 is 5.21. The number of benzene rings is 3. The van der Waals surface area contributed by atoms with Crippen LogP contribution in [0.2, 0.25) is 0 Å². The Morgan fingerprint density at radius 3 is 2.35 bits per heavy atom. The minimum Gasteiger partial charge on any atom is -0.486 e. The number of aryl methyl sites for hydroxylation is 1. The first-order valence-electron chi connectivity index (χ1n) is 10.9. The van der Waals surface area contributed by atoms with E-state index in [2.05, 4.69) is 52.3 Å². The summed E-state index contributed by atoms with van der Waals surface area (Å²) in [5.41, 5.74) is 5.19. The van der Waals surface area contributed by atoms with E-state index < -0.39 is 0 Å². The van der Waals surface area contributed by atoms with E-state index in [4.69, 9.17) is 19.2 Å². The highest BCUT2D eigenvalue weighted by molar-refractivity contribution is 9.11. The Balaban J connectivity index is 1.38. The normalized spacial score (nSPS) is 10.7. The number of halogens is 1. The highest BCUT2D eigenvalue weighted by Gasteiger charge is 2.13. The largest absolute Gasteiger partial charge is 0.486 e. The Kier molecular flexibility index (Phi) is 7.98. The maximum atomic E-state index is 11.5. The van der Waals surface area contributed by atoms with Crippen LogP contribution in [-0.4, -0.2) is 24.2 Å². The van der Waals surface area contributed by atoms with Gasteiger partial charge in [-0.05, 0) is 64.7 Å². The molecule has 34 heavy (non-hydrogen) atoms. The van der Waals surface area contributed by atoms with Gasteiger partial charge in [-0.1, -0.05) is 54.6 Å². The van der Waals surface area contributed by atoms with Crippen LogP contribution in [-0.2, 0) is 16.1 Å². The van der Waals surface area contributed by atoms with E-state index in [-0.39, 0.29) is 12.6 Å². The van der Waals surface area contributed by atoms with E-state index in [1.165, 1.54) is 11.1 Å². The number of carbonyl (C=O) groups excluding carboxylic acids is 1. The second-order valence-corrected chi connectivity index (χ2v) is 9.88. The molecule has 0 unspecified atom stereocenters. The third-order valence-corrected chi connectivity index (χ3v) is 6.73. The molecule has 7 heteroatoms. The number of hydrogen-bond acceptors (Lipinski definition) is 6. The highest BCUT2D eigenvalue weighted by Crippen LogP contribution is 2.34. The zero-order valence-corrected chi connectivity index (χ0v) is 21.3. The molecule has 0 saturated carbocycles. The first-order chi connectivity index (χ1) is 16.5. The van der Waals surface area contributed by atoms with Crippen molar-refractivity contribution >= 4 is 33.2 Å². The molecule has 0 radical (unpaired) electrons. The van der Waals surface area contributed by atoms with Gasteiger partial charge >= 0.3 is 5.97 Å². The van der Waals surface area contributed by atoms with Crippen LogP contribution in [0.25, 0.3) is 22.4 Å². The molecular formula is C27H24BrNO4S. The summed E-state index contributed by atoms with van der Waals surface area (Å²) in [6.45, 7) is 4.25. The van der Waals surface area contributed by atoms with Gasteiger partial charge in [0.15, 0.2) is 6.61 Å². The van der Waals surface area contributed by atoms with Crippen LogP contribution in [0.5, 0.6) is 11.5 Å². The van der Waals surface area contributed by atoms with E-state index in [0.717, 1.165) is 25.6 Å². The molecule has 0 bridgehead atoms. The zero-order valence-electron chi connectivity index (χ0n) is 18.9. The molecule has 0 fully saturated rings. The number of rotatable bonds is 9. The molecule has 0 N–H and O–H groups in total. The summed E-state index contributed by atoms with van der Waals surface area (Å²) < 4.78 is 17.3. The Labute approximate surface area is 211 Å².